The van der Waals surface area contributed by atoms with Crippen LogP contribution in [0.4, 0.5) is 4.39 Å². The average molecular weight is 331 g/mol. The molecule has 0 amide bonds. The third-order valence-electron chi connectivity index (χ3n) is 3.92. The zero-order chi connectivity index (χ0) is 13.9. The largest absolute Gasteiger partial charge is 0.390 e. The lowest BCUT2D eigenvalue weighted by atomic mass is 9.89. The highest BCUT2D eigenvalue weighted by Gasteiger charge is 2.41. The normalized spacial score (nSPS) is 19.6. The summed E-state index contributed by atoms with van der Waals surface area (Å²) in [7, 11) is 0. The van der Waals surface area contributed by atoms with E-state index in [1.807, 2.05) is 6.92 Å². The van der Waals surface area contributed by atoms with E-state index in [0.717, 1.165) is 25.7 Å². The predicted octanol–water partition coefficient (Wildman–Crippen LogP) is 3.84. The summed E-state index contributed by atoms with van der Waals surface area (Å²) >= 11 is 3.24. The van der Waals surface area contributed by atoms with Gasteiger partial charge in [-0.1, -0.05) is 34.8 Å². The van der Waals surface area contributed by atoms with Crippen molar-refractivity contribution in [1.29, 1.82) is 0 Å². The minimum Gasteiger partial charge on any atom is -0.390 e. The lowest BCUT2D eigenvalue weighted by Gasteiger charge is -2.34. The molecule has 0 spiro atoms. The van der Waals surface area contributed by atoms with Crippen molar-refractivity contribution in [3.63, 3.8) is 0 Å². The van der Waals surface area contributed by atoms with Gasteiger partial charge in [0.05, 0.1) is 11.7 Å². The molecule has 19 heavy (non-hydrogen) atoms. The van der Waals surface area contributed by atoms with E-state index in [9.17, 15) is 9.50 Å². The number of rotatable bonds is 5. The summed E-state index contributed by atoms with van der Waals surface area (Å²) in [6.07, 6.45) is 3.52. The topological polar surface area (TPSA) is 29.5 Å². The molecule has 106 valence electrons. The van der Waals surface area contributed by atoms with Gasteiger partial charge in [0.15, 0.2) is 0 Å². The number of hydrogen-bond acceptors (Lipinski definition) is 2. The summed E-state index contributed by atoms with van der Waals surface area (Å²) < 4.78 is 20.3. The Morgan fingerprint density at radius 1 is 1.42 bits per heavy atom. The highest BCUT2D eigenvalue weighted by Crippen LogP contribution is 2.37. The maximum Gasteiger partial charge on any atom is 0.127 e. The fourth-order valence-electron chi connectivity index (χ4n) is 2.92. The van der Waals surface area contributed by atoms with Gasteiger partial charge in [-0.3, -0.25) is 0 Å². The maximum atomic E-state index is 13.8. The van der Waals surface area contributed by atoms with Gasteiger partial charge in [0.1, 0.15) is 5.82 Å². The van der Waals surface area contributed by atoms with Crippen molar-refractivity contribution in [1.82, 2.24) is 0 Å². The van der Waals surface area contributed by atoms with Gasteiger partial charge in [-0.2, -0.15) is 0 Å². The zero-order valence-electron chi connectivity index (χ0n) is 11.2. The van der Waals surface area contributed by atoms with E-state index in [1.165, 1.54) is 6.07 Å². The quantitative estimate of drug-likeness (QED) is 0.888. The number of hydrogen-bond donors (Lipinski definition) is 1. The number of aliphatic hydroxyl groups is 1. The third-order valence-corrected chi connectivity index (χ3v) is 4.41. The fraction of sp³-hybridized carbons (Fsp3) is 0.600. The summed E-state index contributed by atoms with van der Waals surface area (Å²) in [6, 6.07) is 4.95. The Hall–Kier alpha value is -0.450. The molecule has 4 heteroatoms. The molecule has 0 heterocycles. The van der Waals surface area contributed by atoms with Gasteiger partial charge in [-0.25, -0.2) is 4.39 Å². The fourth-order valence-corrected chi connectivity index (χ4v) is 3.25. The molecule has 0 radical (unpaired) electrons. The van der Waals surface area contributed by atoms with E-state index in [4.69, 9.17) is 4.74 Å². The van der Waals surface area contributed by atoms with Crippen LogP contribution in [0.1, 0.15) is 38.2 Å². The Kier molecular flexibility index (Phi) is 4.98. The van der Waals surface area contributed by atoms with Crippen LogP contribution in [0.25, 0.3) is 0 Å². The first kappa shape index (κ1) is 14.9. The van der Waals surface area contributed by atoms with Crippen LogP contribution in [-0.2, 0) is 11.2 Å². The summed E-state index contributed by atoms with van der Waals surface area (Å²) in [5.74, 6) is -0.280. The van der Waals surface area contributed by atoms with Gasteiger partial charge in [0, 0.05) is 17.5 Å². The summed E-state index contributed by atoms with van der Waals surface area (Å²) in [5, 5.41) is 10.5. The second kappa shape index (κ2) is 6.33. The molecule has 0 bridgehead atoms. The van der Waals surface area contributed by atoms with E-state index in [1.54, 1.807) is 12.1 Å². The van der Waals surface area contributed by atoms with Gasteiger partial charge >= 0.3 is 0 Å². The molecule has 1 aliphatic rings. The second-order valence-electron chi connectivity index (χ2n) is 5.16. The molecule has 0 saturated heterocycles. The molecular weight excluding hydrogens is 311 g/mol. The molecule has 1 N–H and O–H groups in total. The monoisotopic (exact) mass is 330 g/mol. The smallest absolute Gasteiger partial charge is 0.127 e. The van der Waals surface area contributed by atoms with Crippen molar-refractivity contribution < 1.29 is 14.2 Å². The van der Waals surface area contributed by atoms with Crippen LogP contribution in [0.5, 0.6) is 0 Å². The Morgan fingerprint density at radius 3 is 2.68 bits per heavy atom. The van der Waals surface area contributed by atoms with Crippen LogP contribution in [-0.4, -0.2) is 23.4 Å². The molecule has 2 rings (SSSR count). The second-order valence-corrected chi connectivity index (χ2v) is 6.08. The molecule has 0 aromatic heterocycles. The SMILES string of the molecule is CCOC1(C(O)Cc2ccc(Br)cc2F)CCCC1. The van der Waals surface area contributed by atoms with Crippen LogP contribution in [0, 0.1) is 5.82 Å². The van der Waals surface area contributed by atoms with Crippen LogP contribution in [0.2, 0.25) is 0 Å². The maximum absolute atomic E-state index is 13.8. The molecule has 1 unspecified atom stereocenters. The van der Waals surface area contributed by atoms with Crippen molar-refractivity contribution >= 4 is 15.9 Å². The Morgan fingerprint density at radius 2 is 2.11 bits per heavy atom. The van der Waals surface area contributed by atoms with E-state index < -0.39 is 11.7 Å². The molecule has 1 saturated carbocycles. The molecule has 1 atom stereocenters. The summed E-state index contributed by atoms with van der Waals surface area (Å²) in [6.45, 7) is 2.52. The van der Waals surface area contributed by atoms with Gasteiger partial charge < -0.3 is 9.84 Å². The first-order valence-corrected chi connectivity index (χ1v) is 7.62. The van der Waals surface area contributed by atoms with Crippen molar-refractivity contribution in [2.24, 2.45) is 0 Å². The van der Waals surface area contributed by atoms with E-state index in [-0.39, 0.29) is 5.82 Å². The van der Waals surface area contributed by atoms with Crippen LogP contribution < -0.4 is 0 Å². The zero-order valence-corrected chi connectivity index (χ0v) is 12.7. The van der Waals surface area contributed by atoms with Gasteiger partial charge in [0.25, 0.3) is 0 Å². The summed E-state index contributed by atoms with van der Waals surface area (Å²) in [4.78, 5) is 0. The molecule has 1 aromatic carbocycles. The molecular formula is C15H20BrFO2. The summed E-state index contributed by atoms with van der Waals surface area (Å²) in [5.41, 5.74) is 0.0653. The lowest BCUT2D eigenvalue weighted by Crippen LogP contribution is -2.44. The number of ether oxygens (including phenoxy) is 1. The molecule has 1 aliphatic carbocycles. The van der Waals surface area contributed by atoms with Gasteiger partial charge in [-0.15, -0.1) is 0 Å². The first-order valence-electron chi connectivity index (χ1n) is 6.83. The van der Waals surface area contributed by atoms with Crippen molar-refractivity contribution in [3.05, 3.63) is 34.1 Å². The van der Waals surface area contributed by atoms with Crippen LogP contribution in [0.3, 0.4) is 0 Å². The minimum atomic E-state index is -0.648. The molecule has 1 aromatic rings. The number of aliphatic hydroxyl groups excluding tert-OH is 1. The molecule has 1 fully saturated rings. The third kappa shape index (κ3) is 3.36. The van der Waals surface area contributed by atoms with Gasteiger partial charge in [-0.05, 0) is 37.5 Å². The lowest BCUT2D eigenvalue weighted by molar-refractivity contribution is -0.115. The number of benzene rings is 1. The van der Waals surface area contributed by atoms with Crippen molar-refractivity contribution in [2.45, 2.75) is 50.7 Å². The Balaban J connectivity index is 2.12. The predicted molar refractivity (Wildman–Crippen MR) is 76.6 cm³/mol. The molecule has 2 nitrogen and oxygen atoms in total. The first-order chi connectivity index (χ1) is 9.07. The van der Waals surface area contributed by atoms with E-state index in [2.05, 4.69) is 15.9 Å². The minimum absolute atomic E-state index is 0.280. The molecule has 0 aliphatic heterocycles. The van der Waals surface area contributed by atoms with Crippen LogP contribution >= 0.6 is 15.9 Å². The standard InChI is InChI=1S/C15H20BrFO2/c1-2-19-15(7-3-4-8-15)14(18)9-11-5-6-12(16)10-13(11)17/h5-6,10,14,18H,2-4,7-9H2,1H3. The average Bonchev–Trinajstić information content (AvgIpc) is 2.83. The highest BCUT2D eigenvalue weighted by molar-refractivity contribution is 9.10. The Bertz CT molecular complexity index is 430. The van der Waals surface area contributed by atoms with Crippen molar-refractivity contribution in [2.75, 3.05) is 6.61 Å². The van der Waals surface area contributed by atoms with Crippen LogP contribution in [0.15, 0.2) is 22.7 Å². The highest BCUT2D eigenvalue weighted by atomic mass is 79.9. The number of halogens is 2. The van der Waals surface area contributed by atoms with E-state index in [0.29, 0.717) is 23.1 Å². The Labute approximate surface area is 122 Å². The van der Waals surface area contributed by atoms with Crippen molar-refractivity contribution in [3.8, 4) is 0 Å². The van der Waals surface area contributed by atoms with E-state index >= 15 is 0 Å². The van der Waals surface area contributed by atoms with Gasteiger partial charge in [0.2, 0.25) is 0 Å².